The van der Waals surface area contributed by atoms with Gasteiger partial charge in [0, 0.05) is 31.4 Å². The molecule has 3 atom stereocenters. The van der Waals surface area contributed by atoms with E-state index in [-0.39, 0.29) is 7.43 Å². The van der Waals surface area contributed by atoms with E-state index in [9.17, 15) is 0 Å². The number of hydrogen-bond donors (Lipinski definition) is 0. The first-order chi connectivity index (χ1) is 7.92. The molecule has 1 aromatic rings. The third-order valence-corrected chi connectivity index (χ3v) is 3.61. The summed E-state index contributed by atoms with van der Waals surface area (Å²) in [5.74, 6) is 1.36. The predicted octanol–water partition coefficient (Wildman–Crippen LogP) is 1.98. The Bertz CT molecular complexity index is 344. The highest BCUT2D eigenvalue weighted by atomic mass is 16.5. The van der Waals surface area contributed by atoms with Crippen LogP contribution in [0.4, 0.5) is 0 Å². The lowest BCUT2D eigenvalue weighted by molar-refractivity contribution is 0.0126. The van der Waals surface area contributed by atoms with Crippen LogP contribution in [-0.2, 0) is 0 Å². The van der Waals surface area contributed by atoms with E-state index < -0.39 is 0 Å². The van der Waals surface area contributed by atoms with Crippen LogP contribution in [0.1, 0.15) is 26.7 Å². The third kappa shape index (κ3) is 2.75. The van der Waals surface area contributed by atoms with Crippen LogP contribution in [0.25, 0.3) is 0 Å². The first-order valence-electron chi connectivity index (χ1n) is 6.07. The Morgan fingerprint density at radius 3 is 3.00 bits per heavy atom. The minimum Gasteiger partial charge on any atom is -0.473 e. The van der Waals surface area contributed by atoms with Gasteiger partial charge in [0.15, 0.2) is 0 Å². The van der Waals surface area contributed by atoms with Gasteiger partial charge in [-0.3, -0.25) is 4.98 Å². The van der Waals surface area contributed by atoms with E-state index in [4.69, 9.17) is 4.74 Å². The van der Waals surface area contributed by atoms with E-state index >= 15 is 0 Å². The minimum absolute atomic E-state index is 0. The van der Waals surface area contributed by atoms with Gasteiger partial charge in [-0.15, -0.1) is 0 Å². The van der Waals surface area contributed by atoms with Crippen molar-refractivity contribution in [1.29, 1.82) is 0 Å². The molecule has 2 aliphatic rings. The van der Waals surface area contributed by atoms with Gasteiger partial charge >= 0.3 is 0 Å². The molecule has 0 amide bonds. The number of fused-ring (bicyclic) bond motifs is 2. The van der Waals surface area contributed by atoms with Crippen LogP contribution in [0.15, 0.2) is 18.6 Å². The molecule has 0 N–H and O–H groups in total. The summed E-state index contributed by atoms with van der Waals surface area (Å²) in [4.78, 5) is 10.8. The monoisotopic (exact) mass is 235 g/mol. The van der Waals surface area contributed by atoms with E-state index in [0.717, 1.165) is 6.42 Å². The summed E-state index contributed by atoms with van der Waals surface area (Å²) in [5.41, 5.74) is 0. The van der Waals surface area contributed by atoms with E-state index in [2.05, 4.69) is 14.9 Å². The number of aromatic nitrogens is 2. The van der Waals surface area contributed by atoms with Crippen LogP contribution < -0.4 is 4.74 Å². The lowest BCUT2D eigenvalue weighted by Gasteiger charge is -2.42. The summed E-state index contributed by atoms with van der Waals surface area (Å²) >= 11 is 0. The van der Waals surface area contributed by atoms with Crippen LogP contribution in [0, 0.1) is 5.92 Å². The third-order valence-electron chi connectivity index (χ3n) is 3.61. The first kappa shape index (κ1) is 12.3. The maximum atomic E-state index is 5.94. The standard InChI is InChI=1S/C12H17N3O.CH4/c1-2-10-9-15(6-1)7-3-11(10)16-12-8-13-4-5-14-12;/h4-5,8,10-11H,1-3,6-7,9H2;1H4/t10?,11-;/m0./s1. The van der Waals surface area contributed by atoms with Crippen molar-refractivity contribution in [1.82, 2.24) is 14.9 Å². The topological polar surface area (TPSA) is 38.2 Å². The van der Waals surface area contributed by atoms with Gasteiger partial charge in [0.25, 0.3) is 0 Å². The Hall–Kier alpha value is -1.16. The quantitative estimate of drug-likeness (QED) is 0.785. The molecule has 1 aromatic heterocycles. The molecule has 0 spiro atoms. The summed E-state index contributed by atoms with van der Waals surface area (Å²) < 4.78 is 5.94. The van der Waals surface area contributed by atoms with Crippen LogP contribution in [0.3, 0.4) is 0 Å². The van der Waals surface area contributed by atoms with Crippen LogP contribution in [-0.4, -0.2) is 40.6 Å². The minimum atomic E-state index is 0. The number of rotatable bonds is 2. The summed E-state index contributed by atoms with van der Waals surface area (Å²) in [6.07, 6.45) is 9.14. The van der Waals surface area contributed by atoms with Crippen LogP contribution >= 0.6 is 0 Å². The zero-order valence-electron chi connectivity index (χ0n) is 9.38. The number of nitrogens with zero attached hydrogens (tertiary/aromatic N) is 3. The van der Waals surface area contributed by atoms with E-state index in [1.807, 2.05) is 0 Å². The van der Waals surface area contributed by atoms with Gasteiger partial charge in [-0.1, -0.05) is 7.43 Å². The second kappa shape index (κ2) is 5.45. The Morgan fingerprint density at radius 2 is 2.18 bits per heavy atom. The number of piperidine rings is 2. The number of ether oxygens (including phenoxy) is 1. The van der Waals surface area contributed by atoms with Crippen molar-refractivity contribution in [2.75, 3.05) is 19.6 Å². The normalized spacial score (nSPS) is 31.4. The zero-order valence-corrected chi connectivity index (χ0v) is 9.38. The van der Waals surface area contributed by atoms with Crippen molar-refractivity contribution in [2.24, 2.45) is 5.92 Å². The van der Waals surface area contributed by atoms with Crippen molar-refractivity contribution >= 4 is 0 Å². The predicted molar refractivity (Wildman–Crippen MR) is 67.0 cm³/mol. The largest absolute Gasteiger partial charge is 0.473 e. The first-order valence-corrected chi connectivity index (χ1v) is 6.07. The molecule has 2 aliphatic heterocycles. The fourth-order valence-corrected chi connectivity index (χ4v) is 2.80. The summed E-state index contributed by atoms with van der Waals surface area (Å²) in [6, 6.07) is 0. The average molecular weight is 235 g/mol. The van der Waals surface area contributed by atoms with Crippen molar-refractivity contribution in [3.8, 4) is 5.88 Å². The summed E-state index contributed by atoms with van der Waals surface area (Å²) in [5, 5.41) is 0. The molecule has 17 heavy (non-hydrogen) atoms. The van der Waals surface area contributed by atoms with Crippen LogP contribution in [0.2, 0.25) is 0 Å². The molecule has 0 aromatic carbocycles. The molecule has 3 heterocycles. The smallest absolute Gasteiger partial charge is 0.232 e. The van der Waals surface area contributed by atoms with Gasteiger partial charge in [0.05, 0.1) is 6.20 Å². The SMILES string of the molecule is C.c1cnc(O[C@H]2CCN3CCCC2C3)cn1. The Balaban J connectivity index is 0.00000108. The van der Waals surface area contributed by atoms with Crippen molar-refractivity contribution < 1.29 is 4.74 Å². The Morgan fingerprint density at radius 1 is 1.24 bits per heavy atom. The summed E-state index contributed by atoms with van der Waals surface area (Å²) in [7, 11) is 0. The highest BCUT2D eigenvalue weighted by Gasteiger charge is 2.33. The molecule has 3 rings (SSSR count). The second-order valence-electron chi connectivity index (χ2n) is 4.69. The fourth-order valence-electron chi connectivity index (χ4n) is 2.80. The van der Waals surface area contributed by atoms with E-state index in [1.54, 1.807) is 18.6 Å². The molecule has 94 valence electrons. The molecule has 0 saturated carbocycles. The second-order valence-corrected chi connectivity index (χ2v) is 4.69. The molecule has 2 bridgehead atoms. The molecule has 2 saturated heterocycles. The number of hydrogen-bond acceptors (Lipinski definition) is 4. The van der Waals surface area contributed by atoms with Crippen molar-refractivity contribution in [2.45, 2.75) is 32.8 Å². The molecule has 2 fully saturated rings. The fraction of sp³-hybridized carbons (Fsp3) is 0.692. The molecule has 4 heteroatoms. The van der Waals surface area contributed by atoms with E-state index in [1.165, 1.54) is 32.5 Å². The highest BCUT2D eigenvalue weighted by Crippen LogP contribution is 2.28. The summed E-state index contributed by atoms with van der Waals surface area (Å²) in [6.45, 7) is 3.64. The lowest BCUT2D eigenvalue weighted by atomic mass is 9.87. The highest BCUT2D eigenvalue weighted by molar-refractivity contribution is 5.03. The van der Waals surface area contributed by atoms with Gasteiger partial charge in [-0.05, 0) is 25.8 Å². The van der Waals surface area contributed by atoms with Crippen LogP contribution in [0.5, 0.6) is 5.88 Å². The van der Waals surface area contributed by atoms with Gasteiger partial charge in [-0.2, -0.15) is 0 Å². The Kier molecular flexibility index (Phi) is 3.94. The van der Waals surface area contributed by atoms with Gasteiger partial charge in [0.1, 0.15) is 6.10 Å². The maximum absolute atomic E-state index is 5.94. The van der Waals surface area contributed by atoms with E-state index in [0.29, 0.717) is 17.9 Å². The van der Waals surface area contributed by atoms with Gasteiger partial charge < -0.3 is 9.64 Å². The Labute approximate surface area is 103 Å². The lowest BCUT2D eigenvalue weighted by Crippen LogP contribution is -2.49. The zero-order chi connectivity index (χ0) is 10.8. The molecule has 0 radical (unpaired) electrons. The van der Waals surface area contributed by atoms with Crippen molar-refractivity contribution in [3.05, 3.63) is 18.6 Å². The average Bonchev–Trinajstić information content (AvgIpc) is 2.35. The van der Waals surface area contributed by atoms with Gasteiger partial charge in [-0.25, -0.2) is 4.98 Å². The van der Waals surface area contributed by atoms with Crippen molar-refractivity contribution in [3.63, 3.8) is 0 Å². The molecule has 4 nitrogen and oxygen atoms in total. The van der Waals surface area contributed by atoms with Gasteiger partial charge in [0.2, 0.25) is 5.88 Å². The molecule has 2 unspecified atom stereocenters. The molecular formula is C13H21N3O. The molecular weight excluding hydrogens is 214 g/mol. The molecule has 0 aliphatic carbocycles. The maximum Gasteiger partial charge on any atom is 0.232 e.